The fourth-order valence-corrected chi connectivity index (χ4v) is 3.34. The molecule has 1 aliphatic rings. The normalized spacial score (nSPS) is 18.3. The molecular weight excluding hydrogens is 330 g/mol. The molecule has 6 nitrogen and oxygen atoms in total. The third-order valence-electron chi connectivity index (χ3n) is 4.67. The molecule has 1 aromatic heterocycles. The van der Waals surface area contributed by atoms with Crippen LogP contribution in [0.1, 0.15) is 30.0 Å². The Balaban J connectivity index is 1.53. The van der Waals surface area contributed by atoms with Crippen molar-refractivity contribution in [2.75, 3.05) is 26.7 Å². The lowest BCUT2D eigenvalue weighted by atomic mass is 9.95. The molecule has 1 fully saturated rings. The van der Waals surface area contributed by atoms with Crippen LogP contribution in [0, 0.1) is 0 Å². The lowest BCUT2D eigenvalue weighted by Crippen LogP contribution is -2.34. The number of likely N-dealkylation sites (tertiary alicyclic amines) is 1. The summed E-state index contributed by atoms with van der Waals surface area (Å²) < 4.78 is 6.67. The van der Waals surface area contributed by atoms with Gasteiger partial charge in [0.2, 0.25) is 0 Å². The van der Waals surface area contributed by atoms with Gasteiger partial charge in [-0.2, -0.15) is 5.10 Å². The highest BCUT2D eigenvalue weighted by molar-refractivity contribution is 5.66. The Morgan fingerprint density at radius 3 is 2.88 bits per heavy atom. The molecule has 1 aromatic carbocycles. The predicted molar refractivity (Wildman–Crippen MR) is 100 cm³/mol. The van der Waals surface area contributed by atoms with Crippen LogP contribution in [-0.4, -0.2) is 52.5 Å². The first-order valence-electron chi connectivity index (χ1n) is 8.92. The van der Waals surface area contributed by atoms with Crippen LogP contribution in [0.2, 0.25) is 0 Å². The van der Waals surface area contributed by atoms with Crippen LogP contribution in [0.25, 0.3) is 6.08 Å². The quantitative estimate of drug-likeness (QED) is 0.827. The molecule has 1 N–H and O–H groups in total. The first kappa shape index (κ1) is 18.2. The standard InChI is InChI=1S/C20H25N3O3/c1-26-18-8-6-16(7-9-18)4-2-11-22-12-3-5-17(14-22)19-10-13-23(21-19)15-20(24)25/h2,4,6-10,13,17H,3,5,11-12,14-15H2,1H3,(H,24,25)/b4-2+. The molecule has 0 amide bonds. The van der Waals surface area contributed by atoms with E-state index >= 15 is 0 Å². The van der Waals surface area contributed by atoms with Crippen molar-refractivity contribution in [2.24, 2.45) is 0 Å². The number of carbonyl (C=O) groups is 1. The maximum atomic E-state index is 10.8. The van der Waals surface area contributed by atoms with Gasteiger partial charge in [0, 0.05) is 25.2 Å². The summed E-state index contributed by atoms with van der Waals surface area (Å²) in [5.74, 6) is 0.366. The Hall–Kier alpha value is -2.60. The lowest BCUT2D eigenvalue weighted by molar-refractivity contribution is -0.137. The molecule has 1 aliphatic heterocycles. The molecule has 138 valence electrons. The largest absolute Gasteiger partial charge is 0.497 e. The first-order chi connectivity index (χ1) is 12.6. The third-order valence-corrected chi connectivity index (χ3v) is 4.67. The molecule has 2 heterocycles. The molecule has 1 atom stereocenters. The van der Waals surface area contributed by atoms with E-state index in [0.717, 1.165) is 49.5 Å². The van der Waals surface area contributed by atoms with E-state index in [9.17, 15) is 4.79 Å². The average molecular weight is 355 g/mol. The summed E-state index contributed by atoms with van der Waals surface area (Å²) in [4.78, 5) is 13.2. The fraction of sp³-hybridized carbons (Fsp3) is 0.400. The number of hydrogen-bond donors (Lipinski definition) is 1. The zero-order valence-electron chi connectivity index (χ0n) is 15.0. The Morgan fingerprint density at radius 1 is 1.35 bits per heavy atom. The van der Waals surface area contributed by atoms with Crippen molar-refractivity contribution >= 4 is 12.0 Å². The number of hydrogen-bond acceptors (Lipinski definition) is 4. The molecule has 3 rings (SSSR count). The molecule has 2 aromatic rings. The zero-order valence-corrected chi connectivity index (χ0v) is 15.0. The number of rotatable bonds is 7. The second-order valence-electron chi connectivity index (χ2n) is 6.61. The lowest BCUT2D eigenvalue weighted by Gasteiger charge is -2.31. The SMILES string of the molecule is COc1ccc(/C=C/CN2CCCC(c3ccn(CC(=O)O)n3)C2)cc1. The molecule has 0 radical (unpaired) electrons. The van der Waals surface area contributed by atoms with E-state index in [2.05, 4.69) is 22.2 Å². The molecule has 0 spiro atoms. The van der Waals surface area contributed by atoms with E-state index in [0.29, 0.717) is 5.92 Å². The van der Waals surface area contributed by atoms with Crippen LogP contribution in [0.5, 0.6) is 5.75 Å². The molecule has 26 heavy (non-hydrogen) atoms. The Bertz CT molecular complexity index is 752. The zero-order chi connectivity index (χ0) is 18.4. The fourth-order valence-electron chi connectivity index (χ4n) is 3.34. The predicted octanol–water partition coefficient (Wildman–Crippen LogP) is 2.87. The van der Waals surface area contributed by atoms with Crippen molar-refractivity contribution < 1.29 is 14.6 Å². The summed E-state index contributed by atoms with van der Waals surface area (Å²) >= 11 is 0. The maximum absolute atomic E-state index is 10.8. The van der Waals surface area contributed by atoms with Gasteiger partial charge in [0.1, 0.15) is 12.3 Å². The Labute approximate surface area is 153 Å². The summed E-state index contributed by atoms with van der Waals surface area (Å²) in [5, 5.41) is 13.3. The maximum Gasteiger partial charge on any atom is 0.325 e. The number of carboxylic acids is 1. The smallest absolute Gasteiger partial charge is 0.325 e. The van der Waals surface area contributed by atoms with E-state index < -0.39 is 5.97 Å². The van der Waals surface area contributed by atoms with Crippen molar-refractivity contribution in [1.82, 2.24) is 14.7 Å². The van der Waals surface area contributed by atoms with E-state index in [1.807, 2.05) is 30.3 Å². The van der Waals surface area contributed by atoms with Crippen LogP contribution >= 0.6 is 0 Å². The highest BCUT2D eigenvalue weighted by atomic mass is 16.5. The molecular formula is C20H25N3O3. The Kier molecular flexibility index (Phi) is 6.07. The van der Waals surface area contributed by atoms with E-state index in [1.54, 1.807) is 13.3 Å². The molecule has 0 bridgehead atoms. The van der Waals surface area contributed by atoms with Crippen molar-refractivity contribution in [3.05, 3.63) is 53.9 Å². The third kappa shape index (κ3) is 4.95. The van der Waals surface area contributed by atoms with E-state index in [4.69, 9.17) is 9.84 Å². The van der Waals surface area contributed by atoms with Gasteiger partial charge in [-0.1, -0.05) is 24.3 Å². The first-order valence-corrected chi connectivity index (χ1v) is 8.92. The van der Waals surface area contributed by atoms with Gasteiger partial charge >= 0.3 is 5.97 Å². The van der Waals surface area contributed by atoms with Gasteiger partial charge < -0.3 is 9.84 Å². The molecule has 0 aliphatic carbocycles. The molecule has 6 heteroatoms. The highest BCUT2D eigenvalue weighted by Crippen LogP contribution is 2.25. The number of methoxy groups -OCH3 is 1. The number of nitrogens with zero attached hydrogens (tertiary/aromatic N) is 3. The minimum atomic E-state index is -0.867. The van der Waals surface area contributed by atoms with Crippen LogP contribution < -0.4 is 4.74 Å². The van der Waals surface area contributed by atoms with Gasteiger partial charge in [0.05, 0.1) is 12.8 Å². The van der Waals surface area contributed by atoms with Crippen molar-refractivity contribution in [3.63, 3.8) is 0 Å². The van der Waals surface area contributed by atoms with Gasteiger partial charge in [0.15, 0.2) is 0 Å². The highest BCUT2D eigenvalue weighted by Gasteiger charge is 2.22. The van der Waals surface area contributed by atoms with Crippen LogP contribution in [0.3, 0.4) is 0 Å². The minimum absolute atomic E-state index is 0.0823. The van der Waals surface area contributed by atoms with Gasteiger partial charge in [-0.15, -0.1) is 0 Å². The number of ether oxygens (including phenoxy) is 1. The average Bonchev–Trinajstić information content (AvgIpc) is 3.10. The van der Waals surface area contributed by atoms with Gasteiger partial charge in [-0.05, 0) is 43.1 Å². The summed E-state index contributed by atoms with van der Waals surface area (Å²) in [6.45, 7) is 2.86. The number of piperidine rings is 1. The second kappa shape index (κ2) is 8.67. The van der Waals surface area contributed by atoms with Crippen LogP contribution in [0.4, 0.5) is 0 Å². The van der Waals surface area contributed by atoms with Crippen LogP contribution in [0.15, 0.2) is 42.6 Å². The molecule has 0 saturated carbocycles. The summed E-state index contributed by atoms with van der Waals surface area (Å²) in [7, 11) is 1.67. The molecule has 1 saturated heterocycles. The minimum Gasteiger partial charge on any atom is -0.497 e. The monoisotopic (exact) mass is 355 g/mol. The van der Waals surface area contributed by atoms with Crippen molar-refractivity contribution in [3.8, 4) is 5.75 Å². The van der Waals surface area contributed by atoms with Crippen LogP contribution in [-0.2, 0) is 11.3 Å². The topological polar surface area (TPSA) is 67.6 Å². The second-order valence-corrected chi connectivity index (χ2v) is 6.61. The Morgan fingerprint density at radius 2 is 2.15 bits per heavy atom. The number of aliphatic carboxylic acids is 1. The van der Waals surface area contributed by atoms with E-state index in [1.165, 1.54) is 4.68 Å². The number of benzene rings is 1. The number of aromatic nitrogens is 2. The van der Waals surface area contributed by atoms with E-state index in [-0.39, 0.29) is 6.54 Å². The summed E-state index contributed by atoms with van der Waals surface area (Å²) in [5.41, 5.74) is 2.15. The molecule has 1 unspecified atom stereocenters. The van der Waals surface area contributed by atoms with Crippen molar-refractivity contribution in [1.29, 1.82) is 0 Å². The summed E-state index contributed by atoms with van der Waals surface area (Å²) in [6, 6.07) is 9.96. The number of carboxylic acid groups (broad SMARTS) is 1. The van der Waals surface area contributed by atoms with Crippen molar-refractivity contribution in [2.45, 2.75) is 25.3 Å². The van der Waals surface area contributed by atoms with Gasteiger partial charge in [-0.25, -0.2) is 0 Å². The van der Waals surface area contributed by atoms with Gasteiger partial charge in [-0.3, -0.25) is 14.4 Å². The summed E-state index contributed by atoms with van der Waals surface area (Å²) in [6.07, 6.45) is 8.31. The van der Waals surface area contributed by atoms with Gasteiger partial charge in [0.25, 0.3) is 0 Å².